The molecule has 0 radical (unpaired) electrons. The Hall–Kier alpha value is -1.51. The minimum absolute atomic E-state index is 0.135. The minimum Gasteiger partial charge on any atom is -0.306 e. The van der Waals surface area contributed by atoms with Gasteiger partial charge >= 0.3 is 5.69 Å². The number of hydrogen-bond acceptors (Lipinski definition) is 1. The molecule has 74 valence electrons. The fraction of sp³-hybridized carbons (Fsp3) is 0.364. The van der Waals surface area contributed by atoms with Crippen LogP contribution in [0, 0.1) is 6.92 Å². The largest absolute Gasteiger partial charge is 0.323 e. The van der Waals surface area contributed by atoms with Crippen LogP contribution in [-0.4, -0.2) is 9.97 Å². The molecule has 2 N–H and O–H groups in total. The summed E-state index contributed by atoms with van der Waals surface area (Å²) in [6.07, 6.45) is 0. The van der Waals surface area contributed by atoms with Gasteiger partial charge in [-0.05, 0) is 30.0 Å². The third-order valence-electron chi connectivity index (χ3n) is 2.51. The Balaban J connectivity index is 2.77. The molecular formula is C11H14N2O. The first-order valence-electron chi connectivity index (χ1n) is 4.80. The molecule has 0 aliphatic carbocycles. The van der Waals surface area contributed by atoms with Crippen LogP contribution in [0.4, 0.5) is 0 Å². The van der Waals surface area contributed by atoms with Crippen molar-refractivity contribution in [2.75, 3.05) is 0 Å². The predicted molar refractivity (Wildman–Crippen MR) is 57.7 cm³/mol. The lowest BCUT2D eigenvalue weighted by atomic mass is 10.0. The van der Waals surface area contributed by atoms with Crippen molar-refractivity contribution in [3.05, 3.63) is 33.7 Å². The van der Waals surface area contributed by atoms with Crippen LogP contribution < -0.4 is 5.69 Å². The molecule has 1 heterocycles. The molecule has 1 aromatic heterocycles. The molecule has 0 fully saturated rings. The van der Waals surface area contributed by atoms with Gasteiger partial charge in [-0.1, -0.05) is 19.9 Å². The molecule has 2 rings (SSSR count). The summed E-state index contributed by atoms with van der Waals surface area (Å²) >= 11 is 0. The van der Waals surface area contributed by atoms with E-state index in [0.29, 0.717) is 5.92 Å². The smallest absolute Gasteiger partial charge is 0.306 e. The van der Waals surface area contributed by atoms with Crippen molar-refractivity contribution in [3.8, 4) is 0 Å². The van der Waals surface area contributed by atoms with Crippen LogP contribution in [0.5, 0.6) is 0 Å². The van der Waals surface area contributed by atoms with Gasteiger partial charge < -0.3 is 9.97 Å². The summed E-state index contributed by atoms with van der Waals surface area (Å²) in [6, 6.07) is 4.15. The Morgan fingerprint density at radius 2 is 1.93 bits per heavy atom. The molecule has 14 heavy (non-hydrogen) atoms. The van der Waals surface area contributed by atoms with Crippen LogP contribution in [0.25, 0.3) is 11.0 Å². The number of aromatic amines is 2. The normalized spacial score (nSPS) is 11.4. The average molecular weight is 190 g/mol. The van der Waals surface area contributed by atoms with E-state index in [-0.39, 0.29) is 5.69 Å². The number of fused-ring (bicyclic) bond motifs is 1. The Kier molecular flexibility index (Phi) is 1.95. The van der Waals surface area contributed by atoms with E-state index in [2.05, 4.69) is 29.9 Å². The van der Waals surface area contributed by atoms with Crippen molar-refractivity contribution < 1.29 is 0 Å². The van der Waals surface area contributed by atoms with E-state index in [0.717, 1.165) is 16.6 Å². The van der Waals surface area contributed by atoms with Gasteiger partial charge in [-0.15, -0.1) is 0 Å². The molecule has 0 bridgehead atoms. The first-order chi connectivity index (χ1) is 6.58. The van der Waals surface area contributed by atoms with Gasteiger partial charge in [0.1, 0.15) is 0 Å². The highest BCUT2D eigenvalue weighted by Crippen LogP contribution is 2.21. The average Bonchev–Trinajstić information content (AvgIpc) is 2.45. The van der Waals surface area contributed by atoms with Crippen LogP contribution in [0.1, 0.15) is 30.9 Å². The monoisotopic (exact) mass is 190 g/mol. The van der Waals surface area contributed by atoms with E-state index in [1.165, 1.54) is 5.56 Å². The molecule has 0 unspecified atom stereocenters. The summed E-state index contributed by atoms with van der Waals surface area (Å²) in [4.78, 5) is 16.7. The van der Waals surface area contributed by atoms with Gasteiger partial charge in [0.15, 0.2) is 0 Å². The maximum Gasteiger partial charge on any atom is 0.323 e. The lowest BCUT2D eigenvalue weighted by molar-refractivity contribution is 0.867. The van der Waals surface area contributed by atoms with E-state index in [9.17, 15) is 4.79 Å². The van der Waals surface area contributed by atoms with Gasteiger partial charge in [0.05, 0.1) is 11.0 Å². The number of benzene rings is 1. The summed E-state index contributed by atoms with van der Waals surface area (Å²) in [5, 5.41) is 0. The number of aryl methyl sites for hydroxylation is 1. The summed E-state index contributed by atoms with van der Waals surface area (Å²) in [5.41, 5.74) is 4.05. The number of nitrogens with one attached hydrogen (secondary N) is 2. The van der Waals surface area contributed by atoms with Crippen LogP contribution in [-0.2, 0) is 0 Å². The van der Waals surface area contributed by atoms with Gasteiger partial charge in [-0.25, -0.2) is 4.79 Å². The number of imidazole rings is 1. The summed E-state index contributed by atoms with van der Waals surface area (Å²) < 4.78 is 0. The van der Waals surface area contributed by atoms with Crippen LogP contribution in [0.3, 0.4) is 0 Å². The van der Waals surface area contributed by atoms with Crippen molar-refractivity contribution in [2.45, 2.75) is 26.7 Å². The van der Waals surface area contributed by atoms with Crippen molar-refractivity contribution in [2.24, 2.45) is 0 Å². The van der Waals surface area contributed by atoms with Crippen LogP contribution in [0.2, 0.25) is 0 Å². The van der Waals surface area contributed by atoms with E-state index in [1.807, 2.05) is 13.0 Å². The fourth-order valence-electron chi connectivity index (χ4n) is 1.68. The van der Waals surface area contributed by atoms with Gasteiger partial charge in [0.2, 0.25) is 0 Å². The van der Waals surface area contributed by atoms with Crippen LogP contribution >= 0.6 is 0 Å². The van der Waals surface area contributed by atoms with Crippen molar-refractivity contribution in [1.82, 2.24) is 9.97 Å². The van der Waals surface area contributed by atoms with E-state index < -0.39 is 0 Å². The zero-order valence-corrected chi connectivity index (χ0v) is 8.64. The Morgan fingerprint density at radius 1 is 1.21 bits per heavy atom. The molecule has 2 aromatic rings. The van der Waals surface area contributed by atoms with Gasteiger partial charge in [0, 0.05) is 0 Å². The number of aromatic nitrogens is 2. The molecule has 0 atom stereocenters. The topological polar surface area (TPSA) is 48.6 Å². The maximum atomic E-state index is 11.1. The molecule has 0 saturated heterocycles. The lowest BCUT2D eigenvalue weighted by Gasteiger charge is -2.06. The highest BCUT2D eigenvalue weighted by molar-refractivity contribution is 5.79. The van der Waals surface area contributed by atoms with Crippen molar-refractivity contribution >= 4 is 11.0 Å². The van der Waals surface area contributed by atoms with Crippen molar-refractivity contribution in [3.63, 3.8) is 0 Å². The minimum atomic E-state index is -0.135. The molecule has 0 aliphatic heterocycles. The quantitative estimate of drug-likeness (QED) is 0.712. The van der Waals surface area contributed by atoms with E-state index >= 15 is 0 Å². The first-order valence-corrected chi connectivity index (χ1v) is 4.80. The Morgan fingerprint density at radius 3 is 2.57 bits per heavy atom. The van der Waals surface area contributed by atoms with Crippen molar-refractivity contribution in [1.29, 1.82) is 0 Å². The molecule has 1 aromatic carbocycles. The summed E-state index contributed by atoms with van der Waals surface area (Å²) in [7, 11) is 0. The lowest BCUT2D eigenvalue weighted by Crippen LogP contribution is -1.99. The number of H-pyrrole nitrogens is 2. The maximum absolute atomic E-state index is 11.1. The summed E-state index contributed by atoms with van der Waals surface area (Å²) in [6.45, 7) is 6.30. The SMILES string of the molecule is Cc1cc(C(C)C)cc2[nH]c(=O)[nH]c12. The number of hydrogen-bond donors (Lipinski definition) is 2. The fourth-order valence-corrected chi connectivity index (χ4v) is 1.68. The highest BCUT2D eigenvalue weighted by atomic mass is 16.1. The van der Waals surface area contributed by atoms with Gasteiger partial charge in [-0.3, -0.25) is 0 Å². The second kappa shape index (κ2) is 3.01. The van der Waals surface area contributed by atoms with E-state index in [1.54, 1.807) is 0 Å². The zero-order valence-electron chi connectivity index (χ0n) is 8.64. The Bertz CT molecular complexity index is 520. The second-order valence-corrected chi connectivity index (χ2v) is 3.99. The van der Waals surface area contributed by atoms with E-state index in [4.69, 9.17) is 0 Å². The third kappa shape index (κ3) is 1.35. The second-order valence-electron chi connectivity index (χ2n) is 3.99. The zero-order chi connectivity index (χ0) is 10.3. The molecule has 0 saturated carbocycles. The molecular weight excluding hydrogens is 176 g/mol. The summed E-state index contributed by atoms with van der Waals surface area (Å²) in [5.74, 6) is 0.483. The third-order valence-corrected chi connectivity index (χ3v) is 2.51. The number of rotatable bonds is 1. The first kappa shape index (κ1) is 9.06. The molecule has 0 aliphatic rings. The van der Waals surface area contributed by atoms with Gasteiger partial charge in [-0.2, -0.15) is 0 Å². The molecule has 0 spiro atoms. The predicted octanol–water partition coefficient (Wildman–Crippen LogP) is 2.29. The van der Waals surface area contributed by atoms with Gasteiger partial charge in [0.25, 0.3) is 0 Å². The molecule has 3 heteroatoms. The Labute approximate surface area is 82.2 Å². The highest BCUT2D eigenvalue weighted by Gasteiger charge is 2.06. The standard InChI is InChI=1S/C11H14N2O/c1-6(2)8-4-7(3)10-9(5-8)12-11(14)13-10/h4-6H,1-3H3,(H2,12,13,14). The molecule has 3 nitrogen and oxygen atoms in total. The van der Waals surface area contributed by atoms with Crippen LogP contribution in [0.15, 0.2) is 16.9 Å². The molecule has 0 amide bonds.